The van der Waals surface area contributed by atoms with E-state index in [-0.39, 0.29) is 5.91 Å². The van der Waals surface area contributed by atoms with Crippen LogP contribution in [0.15, 0.2) is 35.5 Å². The lowest BCUT2D eigenvalue weighted by atomic mass is 10.1. The number of hydrogen-bond acceptors (Lipinski definition) is 6. The van der Waals surface area contributed by atoms with Crippen LogP contribution >= 0.6 is 0 Å². The molecule has 1 fully saturated rings. The van der Waals surface area contributed by atoms with Crippen LogP contribution in [0.4, 0.5) is 13.2 Å². The van der Waals surface area contributed by atoms with Crippen LogP contribution in [-0.4, -0.2) is 73.4 Å². The smallest absolute Gasteiger partial charge is 0.348 e. The number of likely N-dealkylation sites (N-methyl/N-ethyl adjacent to an activating group) is 1. The quantitative estimate of drug-likeness (QED) is 0.803. The molecule has 1 aromatic carbocycles. The lowest BCUT2D eigenvalue weighted by Crippen LogP contribution is -2.56. The van der Waals surface area contributed by atoms with Gasteiger partial charge < -0.3 is 15.2 Å². The third-order valence-electron chi connectivity index (χ3n) is 4.66. The molecule has 3 rings (SSSR count). The number of benzene rings is 1. The second kappa shape index (κ2) is 8.09. The molecule has 0 radical (unpaired) electrons. The molecular weight excluding hydrogens is 373 g/mol. The zero-order valence-corrected chi connectivity index (χ0v) is 15.8. The molecule has 0 aliphatic carbocycles. The number of nitrogens with one attached hydrogen (secondary N) is 2. The molecule has 0 unspecified atom stereocenters. The van der Waals surface area contributed by atoms with Crippen LogP contribution in [0.3, 0.4) is 0 Å². The average Bonchev–Trinajstić information content (AvgIpc) is 2.68. The second-order valence-corrected chi connectivity index (χ2v) is 6.86. The summed E-state index contributed by atoms with van der Waals surface area (Å²) in [5.74, 6) is 0.673. The summed E-state index contributed by atoms with van der Waals surface area (Å²) in [5.41, 5.74) is 6.33. The highest BCUT2D eigenvalue weighted by atomic mass is 19.4. The Morgan fingerprint density at radius 1 is 1.14 bits per heavy atom. The van der Waals surface area contributed by atoms with E-state index in [4.69, 9.17) is 0 Å². The molecule has 2 aliphatic heterocycles. The molecule has 1 saturated heterocycles. The first kappa shape index (κ1) is 20.0. The van der Waals surface area contributed by atoms with Crippen molar-refractivity contribution in [3.63, 3.8) is 0 Å². The van der Waals surface area contributed by atoms with Gasteiger partial charge in [0.2, 0.25) is 11.9 Å². The second-order valence-electron chi connectivity index (χ2n) is 6.86. The van der Waals surface area contributed by atoms with E-state index in [1.807, 2.05) is 4.90 Å². The van der Waals surface area contributed by atoms with Crippen LogP contribution in [0.25, 0.3) is 5.70 Å². The van der Waals surface area contributed by atoms with Gasteiger partial charge in [-0.1, -0.05) is 12.1 Å². The number of nitrogens with zero attached hydrogens (tertiary/aromatic N) is 4. The highest BCUT2D eigenvalue weighted by molar-refractivity contribution is 5.88. The average molecular weight is 396 g/mol. The summed E-state index contributed by atoms with van der Waals surface area (Å²) >= 11 is 0. The maximum atomic E-state index is 12.7. The number of alkyl halides is 3. The minimum atomic E-state index is -4.36. The number of guanidine groups is 1. The van der Waals surface area contributed by atoms with Crippen molar-refractivity contribution in [3.8, 4) is 0 Å². The standard InChI is InChI=1S/C18H23F3N6O/c1-25(2)16(28)12-26-7-9-27(10-8-26)17-23-15(11-22-24-17)13-3-5-14(6-4-13)18(19,20)21/h3-6,11,22H,7-10,12H2,1-2H3,(H,23,24). The lowest BCUT2D eigenvalue weighted by molar-refractivity contribution is -0.137. The minimum absolute atomic E-state index is 0.0655. The van der Waals surface area contributed by atoms with Gasteiger partial charge in [-0.3, -0.25) is 15.1 Å². The Balaban J connectivity index is 1.62. The number of rotatable bonds is 3. The number of aliphatic imine (C=N–C) groups is 1. The zero-order valence-electron chi connectivity index (χ0n) is 15.8. The first-order valence-electron chi connectivity index (χ1n) is 8.89. The Bertz CT molecular complexity index is 765. The maximum Gasteiger partial charge on any atom is 0.416 e. The van der Waals surface area contributed by atoms with Crippen molar-refractivity contribution in [2.45, 2.75) is 6.18 Å². The van der Waals surface area contributed by atoms with Crippen molar-refractivity contribution in [3.05, 3.63) is 41.6 Å². The summed E-state index contributed by atoms with van der Waals surface area (Å²) in [4.78, 5) is 22.1. The molecule has 2 N–H and O–H groups in total. The Hall–Kier alpha value is -2.75. The molecule has 0 spiro atoms. The third-order valence-corrected chi connectivity index (χ3v) is 4.66. The van der Waals surface area contributed by atoms with Gasteiger partial charge in [0.1, 0.15) is 0 Å². The van der Waals surface area contributed by atoms with Gasteiger partial charge >= 0.3 is 6.18 Å². The first-order valence-corrected chi connectivity index (χ1v) is 8.89. The predicted molar refractivity (Wildman–Crippen MR) is 99.8 cm³/mol. The Morgan fingerprint density at radius 3 is 2.36 bits per heavy atom. The van der Waals surface area contributed by atoms with Crippen molar-refractivity contribution < 1.29 is 18.0 Å². The molecule has 28 heavy (non-hydrogen) atoms. The largest absolute Gasteiger partial charge is 0.416 e. The van der Waals surface area contributed by atoms with Gasteiger partial charge in [0.25, 0.3) is 0 Å². The van der Waals surface area contributed by atoms with Crippen molar-refractivity contribution in [2.24, 2.45) is 4.99 Å². The molecule has 152 valence electrons. The summed E-state index contributed by atoms with van der Waals surface area (Å²) in [6.07, 6.45) is -2.75. The maximum absolute atomic E-state index is 12.7. The molecule has 7 nitrogen and oxygen atoms in total. The van der Waals surface area contributed by atoms with E-state index in [0.29, 0.717) is 36.9 Å². The number of carbonyl (C=O) groups is 1. The summed E-state index contributed by atoms with van der Waals surface area (Å²) in [7, 11) is 3.47. The number of halogens is 3. The summed E-state index contributed by atoms with van der Waals surface area (Å²) in [6, 6.07) is 4.92. The highest BCUT2D eigenvalue weighted by Gasteiger charge is 2.30. The van der Waals surface area contributed by atoms with E-state index in [0.717, 1.165) is 25.2 Å². The topological polar surface area (TPSA) is 63.2 Å². The number of hydrogen-bond donors (Lipinski definition) is 2. The van der Waals surface area contributed by atoms with E-state index in [1.165, 1.54) is 12.1 Å². The Kier molecular flexibility index (Phi) is 5.78. The van der Waals surface area contributed by atoms with E-state index >= 15 is 0 Å². The summed E-state index contributed by atoms with van der Waals surface area (Å²) < 4.78 is 38.2. The molecule has 0 aromatic heterocycles. The van der Waals surface area contributed by atoms with Gasteiger partial charge in [0.15, 0.2) is 0 Å². The SMILES string of the molecule is CN(C)C(=O)CN1CCN(C2=NC(c3ccc(C(F)(F)F)cc3)=CNN2)CC1. The Labute approximate surface area is 161 Å². The number of piperazine rings is 1. The summed E-state index contributed by atoms with van der Waals surface area (Å²) in [6.45, 7) is 3.21. The fourth-order valence-electron chi connectivity index (χ4n) is 2.92. The fourth-order valence-corrected chi connectivity index (χ4v) is 2.92. The highest BCUT2D eigenvalue weighted by Crippen LogP contribution is 2.30. The molecule has 0 bridgehead atoms. The van der Waals surface area contributed by atoms with E-state index in [2.05, 4.69) is 20.7 Å². The number of amides is 1. The molecule has 0 saturated carbocycles. The lowest BCUT2D eigenvalue weighted by Gasteiger charge is -2.37. The monoisotopic (exact) mass is 396 g/mol. The van der Waals surface area contributed by atoms with E-state index in [1.54, 1.807) is 25.2 Å². The van der Waals surface area contributed by atoms with Crippen LogP contribution in [0.2, 0.25) is 0 Å². The van der Waals surface area contributed by atoms with Crippen LogP contribution < -0.4 is 10.9 Å². The normalized spacial score (nSPS) is 18.0. The van der Waals surface area contributed by atoms with E-state index < -0.39 is 11.7 Å². The number of hydrazine groups is 1. The molecule has 2 heterocycles. The molecule has 0 atom stereocenters. The molecular formula is C18H23F3N6O. The third kappa shape index (κ3) is 4.75. The van der Waals surface area contributed by atoms with Gasteiger partial charge in [-0.15, -0.1) is 0 Å². The van der Waals surface area contributed by atoms with E-state index in [9.17, 15) is 18.0 Å². The summed E-state index contributed by atoms with van der Waals surface area (Å²) in [5, 5.41) is 0. The molecule has 1 amide bonds. The van der Waals surface area contributed by atoms with Gasteiger partial charge in [0, 0.05) is 52.0 Å². The van der Waals surface area contributed by atoms with Crippen LogP contribution in [0.5, 0.6) is 0 Å². The molecule has 10 heteroatoms. The van der Waals surface area contributed by atoms with Gasteiger partial charge in [-0.2, -0.15) is 13.2 Å². The van der Waals surface area contributed by atoms with Crippen molar-refractivity contribution in [1.82, 2.24) is 25.6 Å². The van der Waals surface area contributed by atoms with Crippen molar-refractivity contribution in [1.29, 1.82) is 0 Å². The first-order chi connectivity index (χ1) is 13.2. The van der Waals surface area contributed by atoms with Crippen LogP contribution in [0.1, 0.15) is 11.1 Å². The Morgan fingerprint density at radius 2 is 1.79 bits per heavy atom. The van der Waals surface area contributed by atoms with Crippen molar-refractivity contribution >= 4 is 17.6 Å². The molecule has 1 aromatic rings. The van der Waals surface area contributed by atoms with Gasteiger partial charge in [-0.05, 0) is 12.1 Å². The van der Waals surface area contributed by atoms with Gasteiger partial charge in [-0.25, -0.2) is 4.99 Å². The van der Waals surface area contributed by atoms with Crippen LogP contribution in [0, 0.1) is 0 Å². The van der Waals surface area contributed by atoms with Crippen LogP contribution in [-0.2, 0) is 11.0 Å². The zero-order chi connectivity index (χ0) is 20.3. The fraction of sp³-hybridized carbons (Fsp3) is 0.444. The predicted octanol–water partition coefficient (Wildman–Crippen LogP) is 1.17. The molecule has 2 aliphatic rings. The minimum Gasteiger partial charge on any atom is -0.348 e. The van der Waals surface area contributed by atoms with Gasteiger partial charge in [0.05, 0.1) is 17.8 Å². The number of carbonyl (C=O) groups excluding carboxylic acids is 1. The van der Waals surface area contributed by atoms with Crippen molar-refractivity contribution in [2.75, 3.05) is 46.8 Å².